The number of nitrogens with zero attached hydrogens (tertiary/aromatic N) is 3. The molecule has 2 aromatic heterocycles. The third kappa shape index (κ3) is 2.40. The lowest BCUT2D eigenvalue weighted by Gasteiger charge is -2.04. The van der Waals surface area contributed by atoms with E-state index < -0.39 is 5.97 Å². The molecule has 0 atom stereocenters. The van der Waals surface area contributed by atoms with Gasteiger partial charge in [0, 0.05) is 30.9 Å². The summed E-state index contributed by atoms with van der Waals surface area (Å²) in [5.41, 5.74) is 1.84. The highest BCUT2D eigenvalue weighted by molar-refractivity contribution is 5.91. The molecule has 0 fully saturated rings. The summed E-state index contributed by atoms with van der Waals surface area (Å²) in [4.78, 5) is 24.0. The van der Waals surface area contributed by atoms with Gasteiger partial charge in [0.1, 0.15) is 5.75 Å². The number of carbonyl (C=O) groups excluding carboxylic acids is 1. The number of carbonyl (C=O) groups is 1. The average molecular weight is 251 g/mol. The smallest absolute Gasteiger partial charge is 0.345 e. The van der Waals surface area contributed by atoms with Gasteiger partial charge in [0.15, 0.2) is 0 Å². The quantitative estimate of drug-likeness (QED) is 0.516. The van der Waals surface area contributed by atoms with Crippen LogP contribution in [0.3, 0.4) is 0 Å². The van der Waals surface area contributed by atoms with Gasteiger partial charge in [0.05, 0.1) is 16.6 Å². The molecule has 0 saturated heterocycles. The van der Waals surface area contributed by atoms with Crippen molar-refractivity contribution < 1.29 is 9.53 Å². The summed E-state index contributed by atoms with van der Waals surface area (Å²) in [6, 6.07) is 8.45. The molecule has 0 spiro atoms. The molecular weight excluding hydrogens is 242 g/mol. The molecule has 5 heteroatoms. The van der Waals surface area contributed by atoms with E-state index >= 15 is 0 Å². The Morgan fingerprint density at radius 1 is 1.00 bits per heavy atom. The summed E-state index contributed by atoms with van der Waals surface area (Å²) < 4.78 is 5.26. The lowest BCUT2D eigenvalue weighted by molar-refractivity contribution is 0.0734. The number of pyridine rings is 1. The number of ether oxygens (including phenoxy) is 1. The number of hydrogen-bond donors (Lipinski definition) is 0. The van der Waals surface area contributed by atoms with Gasteiger partial charge in [0.25, 0.3) is 0 Å². The molecule has 5 nitrogen and oxygen atoms in total. The summed E-state index contributed by atoms with van der Waals surface area (Å²) in [5.74, 6) is -0.0156. The minimum absolute atomic E-state index is 0.404. The predicted octanol–water partition coefficient (Wildman–Crippen LogP) is 2.24. The van der Waals surface area contributed by atoms with Gasteiger partial charge in [-0.05, 0) is 24.3 Å². The van der Waals surface area contributed by atoms with Crippen LogP contribution in [0.1, 0.15) is 10.4 Å². The van der Waals surface area contributed by atoms with E-state index in [1.165, 1.54) is 6.20 Å². The zero-order valence-electron chi connectivity index (χ0n) is 9.85. The Kier molecular flexibility index (Phi) is 2.86. The molecule has 0 unspecified atom stereocenters. The van der Waals surface area contributed by atoms with Crippen LogP contribution in [0.25, 0.3) is 11.0 Å². The van der Waals surface area contributed by atoms with Crippen molar-refractivity contribution in [2.75, 3.05) is 0 Å². The maximum absolute atomic E-state index is 11.9. The summed E-state index contributed by atoms with van der Waals surface area (Å²) >= 11 is 0. The molecule has 92 valence electrons. The number of fused-ring (bicyclic) bond motifs is 1. The van der Waals surface area contributed by atoms with E-state index in [9.17, 15) is 4.79 Å². The maximum atomic E-state index is 11.9. The Morgan fingerprint density at radius 3 is 2.63 bits per heavy atom. The van der Waals surface area contributed by atoms with Crippen LogP contribution >= 0.6 is 0 Å². The third-order valence-corrected chi connectivity index (χ3v) is 2.55. The topological polar surface area (TPSA) is 65.0 Å². The predicted molar refractivity (Wildman–Crippen MR) is 68.7 cm³/mol. The first-order chi connectivity index (χ1) is 9.33. The largest absolute Gasteiger partial charge is 0.423 e. The second-order valence-electron chi connectivity index (χ2n) is 3.84. The fraction of sp³-hybridized carbons (Fsp3) is 0. The molecule has 0 N–H and O–H groups in total. The maximum Gasteiger partial charge on any atom is 0.345 e. The van der Waals surface area contributed by atoms with Gasteiger partial charge < -0.3 is 4.74 Å². The summed E-state index contributed by atoms with van der Waals surface area (Å²) in [7, 11) is 0. The van der Waals surface area contributed by atoms with Crippen molar-refractivity contribution >= 4 is 17.0 Å². The molecule has 0 bridgehead atoms. The zero-order valence-corrected chi connectivity index (χ0v) is 9.85. The summed E-state index contributed by atoms with van der Waals surface area (Å²) in [6.45, 7) is 0. The first-order valence-electron chi connectivity index (χ1n) is 5.66. The Morgan fingerprint density at radius 2 is 1.84 bits per heavy atom. The molecule has 2 heterocycles. The number of aromatic nitrogens is 3. The summed E-state index contributed by atoms with van der Waals surface area (Å²) in [6.07, 6.45) is 6.27. The normalized spacial score (nSPS) is 10.3. The third-order valence-electron chi connectivity index (χ3n) is 2.55. The van der Waals surface area contributed by atoms with Crippen molar-refractivity contribution in [3.05, 3.63) is 60.7 Å². The van der Waals surface area contributed by atoms with Gasteiger partial charge in [-0.15, -0.1) is 0 Å². The second-order valence-corrected chi connectivity index (χ2v) is 3.84. The molecule has 0 saturated carbocycles. The van der Waals surface area contributed by atoms with Crippen LogP contribution in [0.15, 0.2) is 55.1 Å². The monoisotopic (exact) mass is 251 g/mol. The van der Waals surface area contributed by atoms with E-state index in [2.05, 4.69) is 15.0 Å². The number of hydrogen-bond acceptors (Lipinski definition) is 5. The van der Waals surface area contributed by atoms with Gasteiger partial charge >= 0.3 is 5.97 Å². The van der Waals surface area contributed by atoms with E-state index in [0.29, 0.717) is 16.8 Å². The van der Waals surface area contributed by atoms with Crippen LogP contribution in [0.5, 0.6) is 5.75 Å². The van der Waals surface area contributed by atoms with Crippen LogP contribution in [0.2, 0.25) is 0 Å². The van der Waals surface area contributed by atoms with Gasteiger partial charge in [-0.1, -0.05) is 0 Å². The van der Waals surface area contributed by atoms with Crippen LogP contribution in [0.4, 0.5) is 0 Å². The standard InChI is InChI=1S/C14H9N3O2/c18-14(10-2-1-5-15-9-10)19-11-3-4-12-13(8-11)17-7-6-16-12/h1-9H. The highest BCUT2D eigenvalue weighted by atomic mass is 16.5. The molecule has 3 rings (SSSR count). The first kappa shape index (κ1) is 11.3. The lowest BCUT2D eigenvalue weighted by atomic mass is 10.2. The van der Waals surface area contributed by atoms with Crippen molar-refractivity contribution in [2.24, 2.45) is 0 Å². The van der Waals surface area contributed by atoms with E-state index in [-0.39, 0.29) is 0 Å². The van der Waals surface area contributed by atoms with E-state index in [1.807, 2.05) is 0 Å². The molecule has 0 amide bonds. The highest BCUT2D eigenvalue weighted by Gasteiger charge is 2.08. The van der Waals surface area contributed by atoms with Crippen LogP contribution in [-0.2, 0) is 0 Å². The highest BCUT2D eigenvalue weighted by Crippen LogP contribution is 2.18. The van der Waals surface area contributed by atoms with Crippen LogP contribution in [-0.4, -0.2) is 20.9 Å². The Labute approximate surface area is 108 Å². The molecule has 0 aliphatic heterocycles. The van der Waals surface area contributed by atoms with E-state index in [0.717, 1.165) is 5.52 Å². The number of rotatable bonds is 2. The first-order valence-corrected chi connectivity index (χ1v) is 5.66. The van der Waals surface area contributed by atoms with Gasteiger partial charge in [-0.3, -0.25) is 15.0 Å². The van der Waals surface area contributed by atoms with Gasteiger partial charge in [-0.25, -0.2) is 4.79 Å². The number of esters is 1. The fourth-order valence-electron chi connectivity index (χ4n) is 1.66. The SMILES string of the molecule is O=C(Oc1ccc2nccnc2c1)c1cccnc1. The average Bonchev–Trinajstić information content (AvgIpc) is 2.48. The Balaban J connectivity index is 1.87. The van der Waals surface area contributed by atoms with Crippen molar-refractivity contribution in [3.63, 3.8) is 0 Å². The summed E-state index contributed by atoms with van der Waals surface area (Å²) in [5, 5.41) is 0. The minimum Gasteiger partial charge on any atom is -0.423 e. The number of benzene rings is 1. The minimum atomic E-state index is -0.448. The molecule has 0 aliphatic carbocycles. The van der Waals surface area contributed by atoms with Gasteiger partial charge in [0.2, 0.25) is 0 Å². The Hall–Kier alpha value is -2.82. The zero-order chi connectivity index (χ0) is 13.1. The van der Waals surface area contributed by atoms with E-state index in [4.69, 9.17) is 4.74 Å². The van der Waals surface area contributed by atoms with E-state index in [1.54, 1.807) is 48.9 Å². The molecule has 3 aromatic rings. The molecule has 0 radical (unpaired) electrons. The Bertz CT molecular complexity index is 729. The van der Waals surface area contributed by atoms with Crippen molar-refractivity contribution in [2.45, 2.75) is 0 Å². The van der Waals surface area contributed by atoms with Crippen LogP contribution < -0.4 is 4.74 Å². The fourth-order valence-corrected chi connectivity index (χ4v) is 1.66. The molecule has 1 aromatic carbocycles. The van der Waals surface area contributed by atoms with Crippen molar-refractivity contribution in [1.29, 1.82) is 0 Å². The molecular formula is C14H9N3O2. The molecule has 19 heavy (non-hydrogen) atoms. The lowest BCUT2D eigenvalue weighted by Crippen LogP contribution is -2.08. The second kappa shape index (κ2) is 4.81. The van der Waals surface area contributed by atoms with Crippen LogP contribution in [0, 0.1) is 0 Å². The molecule has 0 aliphatic rings. The van der Waals surface area contributed by atoms with Crippen molar-refractivity contribution in [3.8, 4) is 5.75 Å². The van der Waals surface area contributed by atoms with Gasteiger partial charge in [-0.2, -0.15) is 0 Å². The van der Waals surface area contributed by atoms with Crippen molar-refractivity contribution in [1.82, 2.24) is 15.0 Å².